The van der Waals surface area contributed by atoms with Crippen LogP contribution in [0.5, 0.6) is 11.5 Å². The molecule has 3 aromatic rings. The summed E-state index contributed by atoms with van der Waals surface area (Å²) in [5.41, 5.74) is 7.40. The SMILES string of the molecule is Nc1ccc(-c2nc(Cc3ccc(O)cc3)no2)cc1O. The number of aromatic hydroxyl groups is 2. The summed E-state index contributed by atoms with van der Waals surface area (Å²) in [6.45, 7) is 0. The van der Waals surface area contributed by atoms with Crippen molar-refractivity contribution in [2.45, 2.75) is 6.42 Å². The van der Waals surface area contributed by atoms with Crippen LogP contribution < -0.4 is 5.73 Å². The second-order valence-electron chi connectivity index (χ2n) is 4.63. The molecule has 0 fully saturated rings. The van der Waals surface area contributed by atoms with E-state index >= 15 is 0 Å². The second-order valence-corrected chi connectivity index (χ2v) is 4.63. The molecule has 0 spiro atoms. The Kier molecular flexibility index (Phi) is 3.19. The Balaban J connectivity index is 1.82. The first-order valence-electron chi connectivity index (χ1n) is 6.31. The third kappa shape index (κ3) is 2.79. The lowest BCUT2D eigenvalue weighted by Gasteiger charge is -1.99. The van der Waals surface area contributed by atoms with Crippen LogP contribution in [0.15, 0.2) is 47.0 Å². The van der Waals surface area contributed by atoms with Crippen LogP contribution in [0.2, 0.25) is 0 Å². The third-order valence-corrected chi connectivity index (χ3v) is 3.04. The van der Waals surface area contributed by atoms with Crippen LogP contribution in [-0.4, -0.2) is 20.4 Å². The maximum atomic E-state index is 9.59. The van der Waals surface area contributed by atoms with E-state index in [-0.39, 0.29) is 11.5 Å². The number of nitrogens with zero attached hydrogens (tertiary/aromatic N) is 2. The highest BCUT2D eigenvalue weighted by Gasteiger charge is 2.11. The average Bonchev–Trinajstić information content (AvgIpc) is 2.93. The number of hydrogen-bond acceptors (Lipinski definition) is 6. The van der Waals surface area contributed by atoms with Crippen molar-refractivity contribution in [3.05, 3.63) is 53.9 Å². The van der Waals surface area contributed by atoms with E-state index in [4.69, 9.17) is 10.3 Å². The zero-order valence-corrected chi connectivity index (χ0v) is 11.0. The summed E-state index contributed by atoms with van der Waals surface area (Å²) in [6, 6.07) is 11.6. The van der Waals surface area contributed by atoms with Gasteiger partial charge in [-0.1, -0.05) is 17.3 Å². The summed E-state index contributed by atoms with van der Waals surface area (Å²) in [5.74, 6) is 1.03. The molecule has 6 nitrogen and oxygen atoms in total. The summed E-state index contributed by atoms with van der Waals surface area (Å²) < 4.78 is 5.18. The van der Waals surface area contributed by atoms with Crippen molar-refractivity contribution in [2.24, 2.45) is 0 Å². The topological polar surface area (TPSA) is 105 Å². The minimum atomic E-state index is -0.0224. The maximum Gasteiger partial charge on any atom is 0.258 e. The number of phenolic OH excluding ortho intramolecular Hbond substituents is 2. The molecule has 3 rings (SSSR count). The van der Waals surface area contributed by atoms with Gasteiger partial charge in [-0.15, -0.1) is 0 Å². The Morgan fingerprint density at radius 3 is 2.52 bits per heavy atom. The van der Waals surface area contributed by atoms with Crippen molar-refractivity contribution in [2.75, 3.05) is 5.73 Å². The van der Waals surface area contributed by atoms with E-state index in [1.54, 1.807) is 36.4 Å². The lowest BCUT2D eigenvalue weighted by atomic mass is 10.1. The Labute approximate surface area is 120 Å². The van der Waals surface area contributed by atoms with Gasteiger partial charge in [-0.2, -0.15) is 4.98 Å². The lowest BCUT2D eigenvalue weighted by Crippen LogP contribution is -1.90. The van der Waals surface area contributed by atoms with Crippen molar-refractivity contribution < 1.29 is 14.7 Å². The molecule has 0 amide bonds. The number of hydrogen-bond donors (Lipinski definition) is 3. The van der Waals surface area contributed by atoms with Gasteiger partial charge >= 0.3 is 0 Å². The van der Waals surface area contributed by atoms with Gasteiger partial charge < -0.3 is 20.5 Å². The molecule has 0 radical (unpaired) electrons. The van der Waals surface area contributed by atoms with Gasteiger partial charge in [-0.25, -0.2) is 0 Å². The van der Waals surface area contributed by atoms with Crippen LogP contribution in [0, 0.1) is 0 Å². The number of phenols is 2. The van der Waals surface area contributed by atoms with Crippen LogP contribution in [0.4, 0.5) is 5.69 Å². The van der Waals surface area contributed by atoms with E-state index in [0.717, 1.165) is 5.56 Å². The molecule has 0 atom stereocenters. The van der Waals surface area contributed by atoms with E-state index in [0.29, 0.717) is 29.4 Å². The van der Waals surface area contributed by atoms with Gasteiger partial charge in [0.25, 0.3) is 5.89 Å². The van der Waals surface area contributed by atoms with Crippen LogP contribution in [0.3, 0.4) is 0 Å². The number of aromatic nitrogens is 2. The lowest BCUT2D eigenvalue weighted by molar-refractivity contribution is 0.423. The van der Waals surface area contributed by atoms with Crippen LogP contribution in [-0.2, 0) is 6.42 Å². The van der Waals surface area contributed by atoms with Gasteiger partial charge in [-0.05, 0) is 35.9 Å². The van der Waals surface area contributed by atoms with Gasteiger partial charge in [0.2, 0.25) is 0 Å². The normalized spacial score (nSPS) is 10.7. The van der Waals surface area contributed by atoms with Gasteiger partial charge in [0, 0.05) is 12.0 Å². The fourth-order valence-electron chi connectivity index (χ4n) is 1.92. The average molecular weight is 283 g/mol. The predicted octanol–water partition coefficient (Wildman–Crippen LogP) is 2.32. The Morgan fingerprint density at radius 1 is 1.05 bits per heavy atom. The Bertz CT molecular complexity index is 766. The largest absolute Gasteiger partial charge is 0.508 e. The zero-order valence-electron chi connectivity index (χ0n) is 11.0. The molecule has 0 saturated heterocycles. The van der Waals surface area contributed by atoms with Crippen molar-refractivity contribution in [1.82, 2.24) is 10.1 Å². The maximum absolute atomic E-state index is 9.59. The number of anilines is 1. The molecule has 0 unspecified atom stereocenters. The number of nitrogens with two attached hydrogens (primary N) is 1. The molecule has 0 aliphatic rings. The molecule has 21 heavy (non-hydrogen) atoms. The number of rotatable bonds is 3. The minimum Gasteiger partial charge on any atom is -0.508 e. The highest BCUT2D eigenvalue weighted by molar-refractivity contribution is 5.63. The van der Waals surface area contributed by atoms with E-state index in [9.17, 15) is 10.2 Å². The number of nitrogen functional groups attached to an aromatic ring is 1. The van der Waals surface area contributed by atoms with Crippen LogP contribution >= 0.6 is 0 Å². The first-order chi connectivity index (χ1) is 10.1. The standard InChI is InChI=1S/C15H13N3O3/c16-12-6-3-10(8-13(12)20)15-17-14(18-21-15)7-9-1-4-11(19)5-2-9/h1-6,8,19-20H,7,16H2. The molecule has 1 heterocycles. The quantitative estimate of drug-likeness (QED) is 0.503. The monoisotopic (exact) mass is 283 g/mol. The first kappa shape index (κ1) is 13.0. The first-order valence-corrected chi connectivity index (χ1v) is 6.31. The third-order valence-electron chi connectivity index (χ3n) is 3.04. The summed E-state index contributed by atoms with van der Waals surface area (Å²) in [5, 5.41) is 22.7. The van der Waals surface area contributed by atoms with Gasteiger partial charge in [-0.3, -0.25) is 0 Å². The van der Waals surface area contributed by atoms with E-state index < -0.39 is 0 Å². The van der Waals surface area contributed by atoms with E-state index in [2.05, 4.69) is 10.1 Å². The predicted molar refractivity (Wildman–Crippen MR) is 76.7 cm³/mol. The van der Waals surface area contributed by atoms with Gasteiger partial charge in [0.1, 0.15) is 11.5 Å². The number of benzene rings is 2. The molecule has 1 aromatic heterocycles. The van der Waals surface area contributed by atoms with Crippen molar-refractivity contribution in [3.63, 3.8) is 0 Å². The molecule has 0 bridgehead atoms. The van der Waals surface area contributed by atoms with E-state index in [1.807, 2.05) is 0 Å². The molecule has 6 heteroatoms. The van der Waals surface area contributed by atoms with Crippen molar-refractivity contribution in [1.29, 1.82) is 0 Å². The fraction of sp³-hybridized carbons (Fsp3) is 0.0667. The second kappa shape index (κ2) is 5.16. The summed E-state index contributed by atoms with van der Waals surface area (Å²) in [7, 11) is 0. The fourth-order valence-corrected chi connectivity index (χ4v) is 1.92. The van der Waals surface area contributed by atoms with Crippen molar-refractivity contribution >= 4 is 5.69 Å². The molecule has 0 aliphatic heterocycles. The van der Waals surface area contributed by atoms with Crippen molar-refractivity contribution in [3.8, 4) is 23.0 Å². The molecule has 0 saturated carbocycles. The summed E-state index contributed by atoms with van der Waals surface area (Å²) >= 11 is 0. The highest BCUT2D eigenvalue weighted by atomic mass is 16.5. The summed E-state index contributed by atoms with van der Waals surface area (Å²) in [6.07, 6.45) is 0.491. The van der Waals surface area contributed by atoms with Crippen LogP contribution in [0.1, 0.15) is 11.4 Å². The Hall–Kier alpha value is -3.02. The smallest absolute Gasteiger partial charge is 0.258 e. The minimum absolute atomic E-state index is 0.0224. The van der Waals surface area contributed by atoms with Gasteiger partial charge in [0.05, 0.1) is 5.69 Å². The Morgan fingerprint density at radius 2 is 1.81 bits per heavy atom. The molecule has 106 valence electrons. The molecular formula is C15H13N3O3. The molecule has 4 N–H and O–H groups in total. The summed E-state index contributed by atoms with van der Waals surface area (Å²) in [4.78, 5) is 4.28. The highest BCUT2D eigenvalue weighted by Crippen LogP contribution is 2.27. The zero-order chi connectivity index (χ0) is 14.8. The molecule has 0 aliphatic carbocycles. The molecular weight excluding hydrogens is 270 g/mol. The molecule has 2 aromatic carbocycles. The van der Waals surface area contributed by atoms with Crippen LogP contribution in [0.25, 0.3) is 11.5 Å². The van der Waals surface area contributed by atoms with E-state index in [1.165, 1.54) is 6.07 Å². The van der Waals surface area contributed by atoms with Gasteiger partial charge in [0.15, 0.2) is 5.82 Å².